The van der Waals surface area contributed by atoms with Crippen LogP contribution in [0.25, 0.3) is 22.5 Å². The molecule has 0 aliphatic rings. The van der Waals surface area contributed by atoms with Crippen LogP contribution in [0, 0.1) is 0 Å². The van der Waals surface area contributed by atoms with Gasteiger partial charge in [0, 0.05) is 36.7 Å². The fourth-order valence-electron chi connectivity index (χ4n) is 2.50. The van der Waals surface area contributed by atoms with Crippen molar-refractivity contribution in [1.82, 2.24) is 9.97 Å². The minimum absolute atomic E-state index is 0.138. The summed E-state index contributed by atoms with van der Waals surface area (Å²) in [5, 5.41) is 9.88. The van der Waals surface area contributed by atoms with E-state index in [4.69, 9.17) is 10.1 Å². The topological polar surface area (TPSA) is 52.2 Å². The normalized spacial score (nSPS) is 10.8. The predicted octanol–water partition coefficient (Wildman–Crippen LogP) is 3.89. The zero-order valence-corrected chi connectivity index (χ0v) is 14.7. The van der Waals surface area contributed by atoms with Crippen LogP contribution in [0.4, 0.5) is 5.69 Å². The largest absolute Gasteiger partial charge is 0.396 e. The summed E-state index contributed by atoms with van der Waals surface area (Å²) in [6, 6.07) is 18.6. The average molecular weight is 339 g/mol. The number of nitrogens with one attached hydrogen (secondary N) is 1. The molecule has 5 heteroatoms. The molecule has 0 bridgehead atoms. The number of aromatic amines is 1. The highest BCUT2D eigenvalue weighted by Gasteiger charge is 2.14. The standard InChI is InChI=1S/C19H21N3OS/c1-22(2)16-10-8-15(9-11-16)18-17(14-6-4-3-5-7-14)20-19(21-18)24-13-12-23/h3-11,23H,12-13H2,1-2H3,(H,20,21). The molecular formula is C19H21N3OS. The first-order chi connectivity index (χ1) is 11.7. The number of aliphatic hydroxyl groups excluding tert-OH is 1. The first-order valence-electron chi connectivity index (χ1n) is 7.86. The van der Waals surface area contributed by atoms with Crippen molar-refractivity contribution in [3.8, 4) is 22.5 Å². The fourth-order valence-corrected chi connectivity index (χ4v) is 3.12. The van der Waals surface area contributed by atoms with Crippen molar-refractivity contribution in [2.24, 2.45) is 0 Å². The molecular weight excluding hydrogens is 318 g/mol. The Balaban J connectivity index is 2.03. The highest BCUT2D eigenvalue weighted by atomic mass is 32.2. The van der Waals surface area contributed by atoms with Crippen LogP contribution in [0.3, 0.4) is 0 Å². The summed E-state index contributed by atoms with van der Waals surface area (Å²) in [6.07, 6.45) is 0. The van der Waals surface area contributed by atoms with E-state index in [1.807, 2.05) is 32.3 Å². The number of aromatic nitrogens is 2. The van der Waals surface area contributed by atoms with Crippen LogP contribution >= 0.6 is 11.8 Å². The molecule has 0 aliphatic carbocycles. The number of imidazole rings is 1. The van der Waals surface area contributed by atoms with E-state index in [-0.39, 0.29) is 6.61 Å². The molecule has 3 aromatic rings. The molecule has 0 saturated heterocycles. The van der Waals surface area contributed by atoms with Gasteiger partial charge in [0.25, 0.3) is 0 Å². The summed E-state index contributed by atoms with van der Waals surface area (Å²) in [4.78, 5) is 10.2. The Morgan fingerprint density at radius 1 is 1.00 bits per heavy atom. The van der Waals surface area contributed by atoms with Gasteiger partial charge in [-0.1, -0.05) is 54.2 Å². The molecule has 3 rings (SSSR count). The summed E-state index contributed by atoms with van der Waals surface area (Å²) in [5.41, 5.74) is 5.29. The van der Waals surface area contributed by atoms with E-state index in [1.54, 1.807) is 0 Å². The quantitative estimate of drug-likeness (QED) is 0.669. The van der Waals surface area contributed by atoms with Gasteiger partial charge < -0.3 is 15.0 Å². The predicted molar refractivity (Wildman–Crippen MR) is 102 cm³/mol. The maximum absolute atomic E-state index is 9.05. The summed E-state index contributed by atoms with van der Waals surface area (Å²) in [5.74, 6) is 0.626. The number of thioether (sulfide) groups is 1. The maximum Gasteiger partial charge on any atom is 0.166 e. The van der Waals surface area contributed by atoms with Gasteiger partial charge in [0.1, 0.15) is 0 Å². The number of benzene rings is 2. The van der Waals surface area contributed by atoms with Crippen LogP contribution < -0.4 is 4.90 Å². The van der Waals surface area contributed by atoms with E-state index < -0.39 is 0 Å². The van der Waals surface area contributed by atoms with Crippen molar-refractivity contribution in [3.05, 3.63) is 54.6 Å². The number of aliphatic hydroxyl groups is 1. The van der Waals surface area contributed by atoms with Gasteiger partial charge in [-0.2, -0.15) is 0 Å². The molecule has 124 valence electrons. The van der Waals surface area contributed by atoms with Gasteiger partial charge in [-0.25, -0.2) is 4.98 Å². The van der Waals surface area contributed by atoms with Crippen LogP contribution in [-0.4, -0.2) is 41.5 Å². The average Bonchev–Trinajstić information content (AvgIpc) is 3.05. The lowest BCUT2D eigenvalue weighted by Crippen LogP contribution is -2.07. The van der Waals surface area contributed by atoms with E-state index >= 15 is 0 Å². The van der Waals surface area contributed by atoms with Gasteiger partial charge in [-0.3, -0.25) is 0 Å². The first-order valence-corrected chi connectivity index (χ1v) is 8.84. The van der Waals surface area contributed by atoms with E-state index in [2.05, 4.69) is 46.3 Å². The lowest BCUT2D eigenvalue weighted by molar-refractivity contribution is 0.322. The minimum atomic E-state index is 0.138. The smallest absolute Gasteiger partial charge is 0.166 e. The molecule has 0 atom stereocenters. The Labute approximate surface area is 146 Å². The zero-order chi connectivity index (χ0) is 16.9. The molecule has 0 spiro atoms. The SMILES string of the molecule is CN(C)c1ccc(-c2[nH]c(SCCO)nc2-c2ccccc2)cc1. The molecule has 0 unspecified atom stereocenters. The number of hydrogen-bond donors (Lipinski definition) is 2. The molecule has 0 amide bonds. The Hall–Kier alpha value is -2.24. The second kappa shape index (κ2) is 7.55. The van der Waals surface area contributed by atoms with E-state index in [1.165, 1.54) is 11.8 Å². The minimum Gasteiger partial charge on any atom is -0.396 e. The molecule has 2 N–H and O–H groups in total. The third-order valence-electron chi connectivity index (χ3n) is 3.73. The number of rotatable bonds is 6. The van der Waals surface area contributed by atoms with Gasteiger partial charge in [0.05, 0.1) is 18.0 Å². The summed E-state index contributed by atoms with van der Waals surface area (Å²) < 4.78 is 0. The van der Waals surface area contributed by atoms with Crippen molar-refractivity contribution >= 4 is 17.4 Å². The molecule has 24 heavy (non-hydrogen) atoms. The van der Waals surface area contributed by atoms with Crippen molar-refractivity contribution in [3.63, 3.8) is 0 Å². The Morgan fingerprint density at radius 2 is 1.71 bits per heavy atom. The number of anilines is 1. The third-order valence-corrected chi connectivity index (χ3v) is 4.59. The highest BCUT2D eigenvalue weighted by Crippen LogP contribution is 2.33. The van der Waals surface area contributed by atoms with Crippen LogP contribution in [-0.2, 0) is 0 Å². The highest BCUT2D eigenvalue weighted by molar-refractivity contribution is 7.99. The van der Waals surface area contributed by atoms with Gasteiger partial charge in [0.15, 0.2) is 5.16 Å². The first kappa shape index (κ1) is 16.6. The molecule has 2 aromatic carbocycles. The number of H-pyrrole nitrogens is 1. The molecule has 0 aliphatic heterocycles. The van der Waals surface area contributed by atoms with Gasteiger partial charge in [-0.05, 0) is 12.1 Å². The molecule has 4 nitrogen and oxygen atoms in total. The van der Waals surface area contributed by atoms with Crippen molar-refractivity contribution in [1.29, 1.82) is 0 Å². The van der Waals surface area contributed by atoms with E-state index in [0.29, 0.717) is 5.75 Å². The van der Waals surface area contributed by atoms with Crippen LogP contribution in [0.5, 0.6) is 0 Å². The lowest BCUT2D eigenvalue weighted by Gasteiger charge is -2.12. The molecule has 0 fully saturated rings. The summed E-state index contributed by atoms with van der Waals surface area (Å²) in [6.45, 7) is 0.138. The molecule has 0 radical (unpaired) electrons. The monoisotopic (exact) mass is 339 g/mol. The second-order valence-corrected chi connectivity index (χ2v) is 6.73. The van der Waals surface area contributed by atoms with E-state index in [9.17, 15) is 0 Å². The van der Waals surface area contributed by atoms with E-state index in [0.717, 1.165) is 33.4 Å². The third kappa shape index (κ3) is 3.63. The van der Waals surface area contributed by atoms with Crippen LogP contribution in [0.15, 0.2) is 59.8 Å². The number of hydrogen-bond acceptors (Lipinski definition) is 4. The lowest BCUT2D eigenvalue weighted by atomic mass is 10.0. The summed E-state index contributed by atoms with van der Waals surface area (Å²) >= 11 is 1.53. The van der Waals surface area contributed by atoms with Gasteiger partial charge in [0.2, 0.25) is 0 Å². The molecule has 1 heterocycles. The fraction of sp³-hybridized carbons (Fsp3) is 0.211. The van der Waals surface area contributed by atoms with Crippen LogP contribution in [0.2, 0.25) is 0 Å². The molecule has 1 aromatic heterocycles. The Kier molecular flexibility index (Phi) is 5.23. The second-order valence-electron chi connectivity index (χ2n) is 5.64. The maximum atomic E-state index is 9.05. The van der Waals surface area contributed by atoms with Crippen LogP contribution in [0.1, 0.15) is 0 Å². The van der Waals surface area contributed by atoms with Crippen molar-refractivity contribution < 1.29 is 5.11 Å². The van der Waals surface area contributed by atoms with Crippen molar-refractivity contribution in [2.75, 3.05) is 31.4 Å². The molecule has 0 saturated carbocycles. The summed E-state index contributed by atoms with van der Waals surface area (Å²) in [7, 11) is 4.06. The Morgan fingerprint density at radius 3 is 2.33 bits per heavy atom. The van der Waals surface area contributed by atoms with Gasteiger partial charge >= 0.3 is 0 Å². The Bertz CT molecular complexity index is 782. The zero-order valence-electron chi connectivity index (χ0n) is 13.9. The van der Waals surface area contributed by atoms with Crippen molar-refractivity contribution in [2.45, 2.75) is 5.16 Å². The number of nitrogens with zero attached hydrogens (tertiary/aromatic N) is 2. The van der Waals surface area contributed by atoms with Gasteiger partial charge in [-0.15, -0.1) is 0 Å².